The summed E-state index contributed by atoms with van der Waals surface area (Å²) in [6.45, 7) is 5.91. The highest BCUT2D eigenvalue weighted by atomic mass is 16.4. The van der Waals surface area contributed by atoms with Crippen LogP contribution in [-0.4, -0.2) is 16.8 Å². The zero-order valence-corrected chi connectivity index (χ0v) is 20.6. The number of anilines is 1. The van der Waals surface area contributed by atoms with E-state index < -0.39 is 5.97 Å². The average molecular weight is 481 g/mol. The molecule has 0 amide bonds. The molecule has 4 aromatic rings. The molecular weight excluding hydrogens is 452 g/mol. The fourth-order valence-electron chi connectivity index (χ4n) is 4.83. The van der Waals surface area contributed by atoms with Crippen LogP contribution in [0.3, 0.4) is 0 Å². The number of para-hydroxylation sites is 1. The fourth-order valence-corrected chi connectivity index (χ4v) is 4.83. The van der Waals surface area contributed by atoms with E-state index in [1.54, 1.807) is 30.3 Å². The van der Waals surface area contributed by atoms with Gasteiger partial charge in [-0.3, -0.25) is 9.79 Å². The Hall–Kier alpha value is -4.19. The first-order chi connectivity index (χ1) is 17.3. The van der Waals surface area contributed by atoms with Gasteiger partial charge in [-0.05, 0) is 75.4 Å². The molecule has 0 fully saturated rings. The molecule has 3 aromatic carbocycles. The van der Waals surface area contributed by atoms with Crippen molar-refractivity contribution in [2.45, 2.75) is 46.1 Å². The molecule has 0 aliphatic carbocycles. The summed E-state index contributed by atoms with van der Waals surface area (Å²) in [5.41, 5.74) is 6.79. The van der Waals surface area contributed by atoms with E-state index >= 15 is 0 Å². The first kappa shape index (κ1) is 23.5. The number of aryl methyl sites for hydroxylation is 2. The van der Waals surface area contributed by atoms with Crippen molar-refractivity contribution in [1.29, 1.82) is 0 Å². The maximum Gasteiger partial charge on any atom is 0.337 e. The van der Waals surface area contributed by atoms with Crippen LogP contribution in [-0.2, 0) is 6.42 Å². The van der Waals surface area contributed by atoms with Crippen LogP contribution >= 0.6 is 0 Å². The standard InChI is InChI=1S/C30H28N2O4/c1-17-13-23(19(3)32-25-10-5-4-9-22(25)30(34)35)29-24(14-17)27(33)16-28(36-29)21-12-11-20-8-6-7-18(2)31-26(20)15-21/h4-5,9-16,19,32H,6-8H2,1-3H3,(H,34,35)/t19-/m1/s1. The molecular formula is C30H28N2O4. The number of carboxylic acid groups (broad SMARTS) is 1. The Bertz CT molecular complexity index is 1580. The van der Waals surface area contributed by atoms with Crippen LogP contribution in [0.15, 0.2) is 74.9 Å². The van der Waals surface area contributed by atoms with Gasteiger partial charge in [-0.15, -0.1) is 0 Å². The van der Waals surface area contributed by atoms with Crippen molar-refractivity contribution < 1.29 is 14.3 Å². The van der Waals surface area contributed by atoms with Crippen LogP contribution in [0.2, 0.25) is 0 Å². The molecule has 6 nitrogen and oxygen atoms in total. The van der Waals surface area contributed by atoms with Crippen molar-refractivity contribution in [1.82, 2.24) is 0 Å². The van der Waals surface area contributed by atoms with Gasteiger partial charge in [0, 0.05) is 28.6 Å². The number of carbonyl (C=O) groups is 1. The summed E-state index contributed by atoms with van der Waals surface area (Å²) in [7, 11) is 0. The molecule has 2 N–H and O–H groups in total. The first-order valence-electron chi connectivity index (χ1n) is 12.1. The van der Waals surface area contributed by atoms with Gasteiger partial charge in [0.2, 0.25) is 0 Å². The van der Waals surface area contributed by atoms with Crippen LogP contribution in [0.1, 0.15) is 59.8 Å². The number of carboxylic acids is 1. The normalized spacial score (nSPS) is 14.0. The minimum absolute atomic E-state index is 0.121. The lowest BCUT2D eigenvalue weighted by atomic mass is 9.99. The molecule has 182 valence electrons. The van der Waals surface area contributed by atoms with E-state index in [1.165, 1.54) is 5.56 Å². The minimum Gasteiger partial charge on any atom is -0.478 e. The van der Waals surface area contributed by atoms with Gasteiger partial charge in [-0.2, -0.15) is 0 Å². The number of benzene rings is 3. The van der Waals surface area contributed by atoms with Crippen LogP contribution in [0.25, 0.3) is 22.3 Å². The number of hydrogen-bond acceptors (Lipinski definition) is 5. The molecule has 1 aliphatic heterocycles. The van der Waals surface area contributed by atoms with E-state index in [1.807, 2.05) is 45.0 Å². The number of aromatic carboxylic acids is 1. The maximum absolute atomic E-state index is 13.2. The summed E-state index contributed by atoms with van der Waals surface area (Å²) in [5, 5.41) is 13.4. The van der Waals surface area contributed by atoms with Crippen molar-refractivity contribution in [3.8, 4) is 11.3 Å². The molecule has 1 atom stereocenters. The van der Waals surface area contributed by atoms with Gasteiger partial charge in [0.1, 0.15) is 11.3 Å². The summed E-state index contributed by atoms with van der Waals surface area (Å²) < 4.78 is 6.40. The van der Waals surface area contributed by atoms with Crippen molar-refractivity contribution >= 4 is 34.0 Å². The number of fused-ring (bicyclic) bond motifs is 2. The Morgan fingerprint density at radius 2 is 1.86 bits per heavy atom. The van der Waals surface area contributed by atoms with Crippen LogP contribution in [0.4, 0.5) is 11.4 Å². The smallest absolute Gasteiger partial charge is 0.337 e. The van der Waals surface area contributed by atoms with Gasteiger partial charge in [0.25, 0.3) is 0 Å². The molecule has 1 aromatic heterocycles. The molecule has 0 unspecified atom stereocenters. The van der Waals surface area contributed by atoms with E-state index in [0.29, 0.717) is 22.4 Å². The summed E-state index contributed by atoms with van der Waals surface area (Å²) in [5.74, 6) is -0.523. The Morgan fingerprint density at radius 1 is 1.06 bits per heavy atom. The fraction of sp³-hybridized carbons (Fsp3) is 0.233. The summed E-state index contributed by atoms with van der Waals surface area (Å²) >= 11 is 0. The summed E-state index contributed by atoms with van der Waals surface area (Å²) in [4.78, 5) is 29.7. The van der Waals surface area contributed by atoms with E-state index in [4.69, 9.17) is 9.41 Å². The zero-order valence-electron chi connectivity index (χ0n) is 20.6. The van der Waals surface area contributed by atoms with Crippen molar-refractivity contribution in [2.75, 3.05) is 5.32 Å². The van der Waals surface area contributed by atoms with E-state index in [0.717, 1.165) is 47.4 Å². The molecule has 1 aliphatic rings. The number of hydrogen-bond donors (Lipinski definition) is 2. The lowest BCUT2D eigenvalue weighted by Gasteiger charge is -2.19. The highest BCUT2D eigenvalue weighted by molar-refractivity contribution is 5.94. The lowest BCUT2D eigenvalue weighted by molar-refractivity contribution is 0.0698. The molecule has 6 heteroatoms. The minimum atomic E-state index is -1.01. The second kappa shape index (κ2) is 9.46. The van der Waals surface area contributed by atoms with Gasteiger partial charge in [0.15, 0.2) is 5.43 Å². The first-order valence-corrected chi connectivity index (χ1v) is 12.1. The Morgan fingerprint density at radius 3 is 2.67 bits per heavy atom. The van der Waals surface area contributed by atoms with Gasteiger partial charge < -0.3 is 14.8 Å². The van der Waals surface area contributed by atoms with E-state index in [2.05, 4.69) is 11.4 Å². The van der Waals surface area contributed by atoms with Crippen molar-refractivity contribution in [3.63, 3.8) is 0 Å². The van der Waals surface area contributed by atoms with Gasteiger partial charge >= 0.3 is 5.97 Å². The molecule has 0 saturated carbocycles. The predicted octanol–water partition coefficient (Wildman–Crippen LogP) is 7.07. The van der Waals surface area contributed by atoms with Crippen molar-refractivity contribution in [2.24, 2.45) is 4.99 Å². The van der Waals surface area contributed by atoms with Crippen molar-refractivity contribution in [3.05, 3.63) is 93.1 Å². The van der Waals surface area contributed by atoms with Gasteiger partial charge in [0.05, 0.1) is 22.7 Å². The largest absolute Gasteiger partial charge is 0.478 e. The molecule has 2 heterocycles. The SMILES string of the molecule is CC1=Nc2cc(-c3cc(=O)c4cc(C)cc([C@@H](C)Nc5ccccc5C(=O)O)c4o3)ccc2CCC1. The molecule has 0 spiro atoms. The van der Waals surface area contributed by atoms with Gasteiger partial charge in [-0.25, -0.2) is 4.79 Å². The third-order valence-electron chi connectivity index (χ3n) is 6.66. The molecule has 0 saturated heterocycles. The molecule has 0 bridgehead atoms. The Kier molecular flexibility index (Phi) is 6.18. The van der Waals surface area contributed by atoms with Crippen LogP contribution < -0.4 is 10.7 Å². The van der Waals surface area contributed by atoms with Crippen LogP contribution in [0, 0.1) is 6.92 Å². The quantitative estimate of drug-likeness (QED) is 0.319. The topological polar surface area (TPSA) is 91.9 Å². The Balaban J connectivity index is 1.62. The lowest BCUT2D eigenvalue weighted by Crippen LogP contribution is -2.12. The van der Waals surface area contributed by atoms with E-state index in [9.17, 15) is 14.7 Å². The number of rotatable bonds is 5. The number of aliphatic imine (C=N–C) groups is 1. The van der Waals surface area contributed by atoms with Gasteiger partial charge in [-0.1, -0.05) is 30.3 Å². The second-order valence-corrected chi connectivity index (χ2v) is 9.47. The molecule has 36 heavy (non-hydrogen) atoms. The average Bonchev–Trinajstić information content (AvgIpc) is 3.04. The third kappa shape index (κ3) is 4.54. The number of nitrogens with zero attached hydrogens (tertiary/aromatic N) is 1. The highest BCUT2D eigenvalue weighted by Gasteiger charge is 2.19. The van der Waals surface area contributed by atoms with Crippen LogP contribution in [0.5, 0.6) is 0 Å². The monoisotopic (exact) mass is 480 g/mol. The molecule has 0 radical (unpaired) electrons. The number of nitrogens with one attached hydrogen (secondary N) is 1. The second-order valence-electron chi connectivity index (χ2n) is 9.47. The zero-order chi connectivity index (χ0) is 25.4. The molecule has 5 rings (SSSR count). The predicted molar refractivity (Wildman–Crippen MR) is 144 cm³/mol. The highest BCUT2D eigenvalue weighted by Crippen LogP contribution is 2.34. The Labute approximate surface area is 209 Å². The summed E-state index contributed by atoms with van der Waals surface area (Å²) in [6, 6.07) is 17.9. The maximum atomic E-state index is 13.2. The summed E-state index contributed by atoms with van der Waals surface area (Å²) in [6.07, 6.45) is 3.03. The third-order valence-corrected chi connectivity index (χ3v) is 6.66. The van der Waals surface area contributed by atoms with E-state index in [-0.39, 0.29) is 17.0 Å².